The minimum atomic E-state index is -0.251. The first-order valence-electron chi connectivity index (χ1n) is 11.7. The minimum Gasteiger partial charge on any atom is -0.497 e. The molecule has 1 aliphatic carbocycles. The van der Waals surface area contributed by atoms with Crippen molar-refractivity contribution >= 4 is 17.5 Å². The van der Waals surface area contributed by atoms with Crippen LogP contribution in [0.3, 0.4) is 0 Å². The number of nitrogens with one attached hydrogen (secondary N) is 2. The number of methoxy groups -OCH3 is 1. The van der Waals surface area contributed by atoms with Gasteiger partial charge in [0.1, 0.15) is 5.75 Å². The number of benzene rings is 1. The Morgan fingerprint density at radius 3 is 2.48 bits per heavy atom. The maximum absolute atomic E-state index is 13.0. The van der Waals surface area contributed by atoms with Crippen LogP contribution in [0.25, 0.3) is 0 Å². The van der Waals surface area contributed by atoms with Crippen molar-refractivity contribution < 1.29 is 19.1 Å². The highest BCUT2D eigenvalue weighted by Gasteiger charge is 2.28. The molecule has 1 saturated carbocycles. The highest BCUT2D eigenvalue weighted by atomic mass is 16.5. The van der Waals surface area contributed by atoms with E-state index in [0.29, 0.717) is 51.7 Å². The zero-order valence-electron chi connectivity index (χ0n) is 18.7. The normalized spacial score (nSPS) is 18.3. The van der Waals surface area contributed by atoms with Gasteiger partial charge in [0.05, 0.1) is 20.3 Å². The van der Waals surface area contributed by atoms with Crippen molar-refractivity contribution in [1.29, 1.82) is 0 Å². The third-order valence-corrected chi connectivity index (χ3v) is 6.34. The van der Waals surface area contributed by atoms with Gasteiger partial charge in [0.15, 0.2) is 0 Å². The van der Waals surface area contributed by atoms with Gasteiger partial charge in [-0.25, -0.2) is 0 Å². The summed E-state index contributed by atoms with van der Waals surface area (Å²) in [7, 11) is 1.64. The lowest BCUT2D eigenvalue weighted by molar-refractivity contribution is -0.139. The standard InChI is InChI=1S/C24H37N3O4/c1-30-22-9-7-21(8-10-22)25-11-12-26-24(29)20(17-19-5-3-2-4-6-19)18-23(28)27-13-15-31-16-14-27/h7-10,19-20,25H,2-6,11-18H2,1H3,(H,26,29). The second-order valence-corrected chi connectivity index (χ2v) is 8.58. The van der Waals surface area contributed by atoms with Crippen LogP contribution in [-0.2, 0) is 14.3 Å². The van der Waals surface area contributed by atoms with Gasteiger partial charge in [-0.3, -0.25) is 9.59 Å². The van der Waals surface area contributed by atoms with E-state index in [2.05, 4.69) is 10.6 Å². The quantitative estimate of drug-likeness (QED) is 0.557. The van der Waals surface area contributed by atoms with Crippen LogP contribution in [0.4, 0.5) is 5.69 Å². The summed E-state index contributed by atoms with van der Waals surface area (Å²) < 4.78 is 10.5. The Labute approximate surface area is 185 Å². The van der Waals surface area contributed by atoms with Crippen molar-refractivity contribution in [3.8, 4) is 5.75 Å². The predicted molar refractivity (Wildman–Crippen MR) is 121 cm³/mol. The van der Waals surface area contributed by atoms with E-state index in [1.165, 1.54) is 32.1 Å². The third kappa shape index (κ3) is 7.73. The van der Waals surface area contributed by atoms with Crippen molar-refractivity contribution in [3.05, 3.63) is 24.3 Å². The molecule has 2 fully saturated rings. The monoisotopic (exact) mass is 431 g/mol. The number of anilines is 1. The maximum atomic E-state index is 13.0. The summed E-state index contributed by atoms with van der Waals surface area (Å²) >= 11 is 0. The fourth-order valence-corrected chi connectivity index (χ4v) is 4.51. The van der Waals surface area contributed by atoms with Crippen molar-refractivity contribution in [1.82, 2.24) is 10.2 Å². The second-order valence-electron chi connectivity index (χ2n) is 8.58. The Morgan fingerprint density at radius 2 is 1.81 bits per heavy atom. The largest absolute Gasteiger partial charge is 0.497 e. The van der Waals surface area contributed by atoms with Crippen LogP contribution < -0.4 is 15.4 Å². The van der Waals surface area contributed by atoms with Crippen LogP contribution in [0, 0.1) is 11.8 Å². The molecule has 0 radical (unpaired) electrons. The first kappa shape index (κ1) is 23.4. The number of hydrogen-bond acceptors (Lipinski definition) is 5. The van der Waals surface area contributed by atoms with Crippen molar-refractivity contribution in [2.45, 2.75) is 44.9 Å². The molecule has 1 saturated heterocycles. The molecule has 1 aliphatic heterocycles. The zero-order valence-corrected chi connectivity index (χ0v) is 18.7. The molecule has 1 heterocycles. The fourth-order valence-electron chi connectivity index (χ4n) is 4.51. The van der Waals surface area contributed by atoms with Crippen molar-refractivity contribution in [2.24, 2.45) is 11.8 Å². The highest BCUT2D eigenvalue weighted by molar-refractivity contribution is 5.85. The van der Waals surface area contributed by atoms with E-state index in [1.807, 2.05) is 29.2 Å². The van der Waals surface area contributed by atoms with Gasteiger partial charge in [-0.05, 0) is 36.6 Å². The molecule has 1 aromatic rings. The summed E-state index contributed by atoms with van der Waals surface area (Å²) in [6, 6.07) is 7.71. The van der Waals surface area contributed by atoms with Gasteiger partial charge in [-0.15, -0.1) is 0 Å². The van der Waals surface area contributed by atoms with E-state index in [4.69, 9.17) is 9.47 Å². The van der Waals surface area contributed by atoms with Crippen LogP contribution in [0.2, 0.25) is 0 Å². The van der Waals surface area contributed by atoms with Gasteiger partial charge in [0, 0.05) is 44.2 Å². The molecule has 1 unspecified atom stereocenters. The summed E-state index contributed by atoms with van der Waals surface area (Å²) in [6.07, 6.45) is 7.23. The SMILES string of the molecule is COc1ccc(NCCNC(=O)C(CC(=O)N2CCOCC2)CC2CCCCC2)cc1. The van der Waals surface area contributed by atoms with Gasteiger partial charge in [-0.1, -0.05) is 32.1 Å². The average Bonchev–Trinajstić information content (AvgIpc) is 2.83. The molecule has 1 atom stereocenters. The lowest BCUT2D eigenvalue weighted by atomic mass is 9.81. The maximum Gasteiger partial charge on any atom is 0.223 e. The summed E-state index contributed by atoms with van der Waals surface area (Å²) in [4.78, 5) is 27.6. The number of hydrogen-bond donors (Lipinski definition) is 2. The molecule has 0 spiro atoms. The molecule has 2 amide bonds. The van der Waals surface area contributed by atoms with E-state index in [-0.39, 0.29) is 17.7 Å². The Kier molecular flexibility index (Phi) is 9.46. The molecule has 7 nitrogen and oxygen atoms in total. The topological polar surface area (TPSA) is 79.9 Å². The number of carbonyl (C=O) groups excluding carboxylic acids is 2. The predicted octanol–water partition coefficient (Wildman–Crippen LogP) is 3.06. The smallest absolute Gasteiger partial charge is 0.223 e. The molecular formula is C24H37N3O4. The molecule has 31 heavy (non-hydrogen) atoms. The number of ether oxygens (including phenoxy) is 2. The fraction of sp³-hybridized carbons (Fsp3) is 0.667. The van der Waals surface area contributed by atoms with Gasteiger partial charge >= 0.3 is 0 Å². The van der Waals surface area contributed by atoms with Crippen molar-refractivity contribution in [3.63, 3.8) is 0 Å². The summed E-state index contributed by atoms with van der Waals surface area (Å²) in [6.45, 7) is 3.58. The average molecular weight is 432 g/mol. The Bertz CT molecular complexity index is 683. The first-order valence-corrected chi connectivity index (χ1v) is 11.7. The van der Waals surface area contributed by atoms with Crippen molar-refractivity contribution in [2.75, 3.05) is 51.8 Å². The molecule has 7 heteroatoms. The summed E-state index contributed by atoms with van der Waals surface area (Å²) in [5.41, 5.74) is 0.983. The van der Waals surface area contributed by atoms with Gasteiger partial charge in [-0.2, -0.15) is 0 Å². The number of amides is 2. The lowest BCUT2D eigenvalue weighted by Gasteiger charge is -2.30. The van der Waals surface area contributed by atoms with Gasteiger partial charge in [0.2, 0.25) is 11.8 Å². The molecule has 1 aromatic carbocycles. The van der Waals surface area contributed by atoms with E-state index < -0.39 is 0 Å². The Morgan fingerprint density at radius 1 is 1.10 bits per heavy atom. The number of morpholine rings is 1. The van der Waals surface area contributed by atoms with Crippen LogP contribution in [-0.4, -0.2) is 63.2 Å². The molecule has 0 aromatic heterocycles. The van der Waals surface area contributed by atoms with Crippen LogP contribution in [0.15, 0.2) is 24.3 Å². The van der Waals surface area contributed by atoms with E-state index in [1.54, 1.807) is 7.11 Å². The minimum absolute atomic E-state index is 0.00344. The third-order valence-electron chi connectivity index (χ3n) is 6.34. The first-order chi connectivity index (χ1) is 15.2. The van der Waals surface area contributed by atoms with E-state index >= 15 is 0 Å². The number of nitrogens with zero attached hydrogens (tertiary/aromatic N) is 1. The van der Waals surface area contributed by atoms with Gasteiger partial charge < -0.3 is 25.0 Å². The van der Waals surface area contributed by atoms with E-state index in [0.717, 1.165) is 17.9 Å². The molecule has 172 valence electrons. The van der Waals surface area contributed by atoms with Crippen LogP contribution >= 0.6 is 0 Å². The van der Waals surface area contributed by atoms with Crippen LogP contribution in [0.1, 0.15) is 44.9 Å². The van der Waals surface area contributed by atoms with Gasteiger partial charge in [0.25, 0.3) is 0 Å². The lowest BCUT2D eigenvalue weighted by Crippen LogP contribution is -2.43. The zero-order chi connectivity index (χ0) is 21.9. The summed E-state index contributed by atoms with van der Waals surface area (Å²) in [5.74, 6) is 1.20. The Balaban J connectivity index is 1.48. The molecule has 3 rings (SSSR count). The summed E-state index contributed by atoms with van der Waals surface area (Å²) in [5, 5.41) is 6.36. The second kappa shape index (κ2) is 12.5. The number of rotatable bonds is 10. The molecule has 0 bridgehead atoms. The van der Waals surface area contributed by atoms with E-state index in [9.17, 15) is 9.59 Å². The van der Waals surface area contributed by atoms with Crippen LogP contribution in [0.5, 0.6) is 5.75 Å². The molecular weight excluding hydrogens is 394 g/mol. The Hall–Kier alpha value is -2.28. The molecule has 2 aliphatic rings. The number of carbonyl (C=O) groups is 2. The molecule has 2 N–H and O–H groups in total. The highest BCUT2D eigenvalue weighted by Crippen LogP contribution is 2.30.